The lowest BCUT2D eigenvalue weighted by atomic mass is 10.1. The van der Waals surface area contributed by atoms with Crippen molar-refractivity contribution in [2.75, 3.05) is 18.0 Å². The van der Waals surface area contributed by atoms with Crippen LogP contribution in [0.3, 0.4) is 0 Å². The van der Waals surface area contributed by atoms with E-state index in [1.165, 1.54) is 12.1 Å². The van der Waals surface area contributed by atoms with E-state index in [4.69, 9.17) is 4.74 Å². The molecule has 1 fully saturated rings. The number of hydrogen-bond donors (Lipinski definition) is 1. The lowest BCUT2D eigenvalue weighted by Crippen LogP contribution is -2.48. The Kier molecular flexibility index (Phi) is 5.31. The predicted octanol–water partition coefficient (Wildman–Crippen LogP) is 3.72. The summed E-state index contributed by atoms with van der Waals surface area (Å²) in [7, 11) is 0. The smallest absolute Gasteiger partial charge is 0.407 e. The summed E-state index contributed by atoms with van der Waals surface area (Å²) in [5.41, 5.74) is 1.80. The third-order valence-corrected chi connectivity index (χ3v) is 4.13. The van der Waals surface area contributed by atoms with E-state index in [-0.39, 0.29) is 18.5 Å². The summed E-state index contributed by atoms with van der Waals surface area (Å²) >= 11 is 0. The first kappa shape index (κ1) is 16.3. The zero-order valence-corrected chi connectivity index (χ0v) is 13.5. The number of anilines is 1. The first-order valence-electron chi connectivity index (χ1n) is 8.18. The van der Waals surface area contributed by atoms with Gasteiger partial charge in [0.1, 0.15) is 12.4 Å². The summed E-state index contributed by atoms with van der Waals surface area (Å²) in [6, 6.07) is 16.1. The summed E-state index contributed by atoms with van der Waals surface area (Å²) in [6.45, 7) is 1.78. The standard InChI is InChI=1S/C19H21FN2O2/c20-16-8-4-10-18(12-16)22-11-5-9-17(13-22)21-19(23)24-14-15-6-2-1-3-7-15/h1-4,6-8,10,12,17H,5,9,11,13-14H2,(H,21,23). The van der Waals surface area contributed by atoms with Gasteiger partial charge in [0.2, 0.25) is 0 Å². The summed E-state index contributed by atoms with van der Waals surface area (Å²) in [6.07, 6.45) is 1.43. The van der Waals surface area contributed by atoms with E-state index in [0.29, 0.717) is 6.54 Å². The number of ether oxygens (including phenoxy) is 1. The van der Waals surface area contributed by atoms with Crippen molar-refractivity contribution in [3.63, 3.8) is 0 Å². The van der Waals surface area contributed by atoms with Gasteiger partial charge in [0, 0.05) is 24.8 Å². The molecule has 0 spiro atoms. The maximum Gasteiger partial charge on any atom is 0.407 e. The molecule has 0 aliphatic carbocycles. The van der Waals surface area contributed by atoms with E-state index in [2.05, 4.69) is 10.2 Å². The van der Waals surface area contributed by atoms with E-state index in [0.717, 1.165) is 30.6 Å². The Morgan fingerprint density at radius 3 is 2.83 bits per heavy atom. The Morgan fingerprint density at radius 2 is 2.04 bits per heavy atom. The average Bonchev–Trinajstić information content (AvgIpc) is 2.61. The quantitative estimate of drug-likeness (QED) is 0.930. The molecule has 4 nitrogen and oxygen atoms in total. The first-order valence-corrected chi connectivity index (χ1v) is 8.18. The number of carbonyl (C=O) groups is 1. The second-order valence-electron chi connectivity index (χ2n) is 5.97. The number of hydrogen-bond acceptors (Lipinski definition) is 3. The van der Waals surface area contributed by atoms with E-state index < -0.39 is 6.09 Å². The van der Waals surface area contributed by atoms with E-state index in [1.54, 1.807) is 6.07 Å². The number of piperidine rings is 1. The zero-order valence-electron chi connectivity index (χ0n) is 13.5. The molecule has 126 valence electrons. The third kappa shape index (κ3) is 4.47. The van der Waals surface area contributed by atoms with Gasteiger partial charge in [-0.1, -0.05) is 36.4 Å². The van der Waals surface area contributed by atoms with E-state index in [1.807, 2.05) is 36.4 Å². The Hall–Kier alpha value is -2.56. The van der Waals surface area contributed by atoms with Crippen LogP contribution in [0, 0.1) is 5.82 Å². The van der Waals surface area contributed by atoms with Crippen molar-refractivity contribution >= 4 is 11.8 Å². The number of carbonyl (C=O) groups excluding carboxylic acids is 1. The average molecular weight is 328 g/mol. The second-order valence-corrected chi connectivity index (χ2v) is 5.97. The molecule has 1 amide bonds. The highest BCUT2D eigenvalue weighted by Crippen LogP contribution is 2.20. The summed E-state index contributed by atoms with van der Waals surface area (Å²) in [5.74, 6) is -0.246. The molecule has 1 saturated heterocycles. The fourth-order valence-electron chi connectivity index (χ4n) is 2.93. The molecule has 0 saturated carbocycles. The van der Waals surface area contributed by atoms with Crippen LogP contribution in [0.4, 0.5) is 14.9 Å². The number of benzene rings is 2. The fourth-order valence-corrected chi connectivity index (χ4v) is 2.93. The molecule has 1 atom stereocenters. The van der Waals surface area contributed by atoms with Gasteiger partial charge in [0.25, 0.3) is 0 Å². The minimum absolute atomic E-state index is 0.00490. The largest absolute Gasteiger partial charge is 0.445 e. The highest BCUT2D eigenvalue weighted by Gasteiger charge is 2.22. The number of halogens is 1. The molecule has 1 aliphatic heterocycles. The van der Waals surface area contributed by atoms with Gasteiger partial charge in [-0.2, -0.15) is 0 Å². The molecule has 0 aromatic heterocycles. The lowest BCUT2D eigenvalue weighted by Gasteiger charge is -2.34. The number of alkyl carbamates (subject to hydrolysis) is 1. The maximum absolute atomic E-state index is 13.4. The van der Waals surface area contributed by atoms with Gasteiger partial charge in [0.05, 0.1) is 0 Å². The highest BCUT2D eigenvalue weighted by molar-refractivity contribution is 5.67. The van der Waals surface area contributed by atoms with Crippen molar-refractivity contribution in [1.29, 1.82) is 0 Å². The second kappa shape index (κ2) is 7.81. The fraction of sp³-hybridized carbons (Fsp3) is 0.316. The van der Waals surface area contributed by atoms with Crippen LogP contribution in [-0.2, 0) is 11.3 Å². The minimum Gasteiger partial charge on any atom is -0.445 e. The van der Waals surface area contributed by atoms with Crippen LogP contribution in [0.15, 0.2) is 54.6 Å². The Morgan fingerprint density at radius 1 is 1.21 bits per heavy atom. The van der Waals surface area contributed by atoms with Crippen LogP contribution < -0.4 is 10.2 Å². The van der Waals surface area contributed by atoms with Crippen LogP contribution in [0.5, 0.6) is 0 Å². The molecular weight excluding hydrogens is 307 g/mol. The molecule has 1 aliphatic rings. The molecule has 24 heavy (non-hydrogen) atoms. The molecule has 2 aromatic carbocycles. The molecule has 2 aromatic rings. The van der Waals surface area contributed by atoms with Gasteiger partial charge in [0.15, 0.2) is 0 Å². The van der Waals surface area contributed by atoms with Crippen LogP contribution in [0.1, 0.15) is 18.4 Å². The van der Waals surface area contributed by atoms with Gasteiger partial charge < -0.3 is 15.0 Å². The summed E-state index contributed by atoms with van der Waals surface area (Å²) in [4.78, 5) is 14.1. The van der Waals surface area contributed by atoms with Gasteiger partial charge >= 0.3 is 6.09 Å². The Labute approximate surface area is 141 Å². The molecule has 0 bridgehead atoms. The molecular formula is C19H21FN2O2. The first-order chi connectivity index (χ1) is 11.7. The van der Waals surface area contributed by atoms with Crippen molar-refractivity contribution in [3.8, 4) is 0 Å². The topological polar surface area (TPSA) is 41.6 Å². The third-order valence-electron chi connectivity index (χ3n) is 4.13. The van der Waals surface area contributed by atoms with Crippen LogP contribution >= 0.6 is 0 Å². The molecule has 1 N–H and O–H groups in total. The number of nitrogens with zero attached hydrogens (tertiary/aromatic N) is 1. The normalized spacial score (nSPS) is 17.4. The monoisotopic (exact) mass is 328 g/mol. The van der Waals surface area contributed by atoms with Crippen LogP contribution in [0.25, 0.3) is 0 Å². The summed E-state index contributed by atoms with van der Waals surface area (Å²) in [5, 5.41) is 2.91. The van der Waals surface area contributed by atoms with Gasteiger partial charge in [-0.15, -0.1) is 0 Å². The Bertz CT molecular complexity index is 678. The molecule has 3 rings (SSSR count). The van der Waals surface area contributed by atoms with Crippen LogP contribution in [0.2, 0.25) is 0 Å². The SMILES string of the molecule is O=C(NC1CCCN(c2cccc(F)c2)C1)OCc1ccccc1. The molecule has 1 heterocycles. The predicted molar refractivity (Wildman–Crippen MR) is 91.4 cm³/mol. The number of rotatable bonds is 4. The van der Waals surface area contributed by atoms with E-state index in [9.17, 15) is 9.18 Å². The zero-order chi connectivity index (χ0) is 16.8. The van der Waals surface area contributed by atoms with Gasteiger partial charge in [-0.25, -0.2) is 9.18 Å². The van der Waals surface area contributed by atoms with Gasteiger partial charge in [-0.3, -0.25) is 0 Å². The molecule has 5 heteroatoms. The lowest BCUT2D eigenvalue weighted by molar-refractivity contribution is 0.134. The van der Waals surface area contributed by atoms with Crippen molar-refractivity contribution in [2.45, 2.75) is 25.5 Å². The van der Waals surface area contributed by atoms with E-state index >= 15 is 0 Å². The maximum atomic E-state index is 13.4. The van der Waals surface area contributed by atoms with Gasteiger partial charge in [-0.05, 0) is 36.6 Å². The summed E-state index contributed by atoms with van der Waals surface area (Å²) < 4.78 is 18.6. The van der Waals surface area contributed by atoms with Crippen molar-refractivity contribution in [2.24, 2.45) is 0 Å². The highest BCUT2D eigenvalue weighted by atomic mass is 19.1. The number of amides is 1. The molecule has 0 radical (unpaired) electrons. The minimum atomic E-state index is -0.412. The van der Waals surface area contributed by atoms with Crippen molar-refractivity contribution in [3.05, 3.63) is 66.0 Å². The van der Waals surface area contributed by atoms with Crippen molar-refractivity contribution in [1.82, 2.24) is 5.32 Å². The van der Waals surface area contributed by atoms with Crippen LogP contribution in [-0.4, -0.2) is 25.2 Å². The Balaban J connectivity index is 1.50. The van der Waals surface area contributed by atoms with Crippen molar-refractivity contribution < 1.29 is 13.9 Å². The molecule has 1 unspecified atom stereocenters. The number of nitrogens with one attached hydrogen (secondary N) is 1.